The third kappa shape index (κ3) is 4.74. The second-order valence-corrected chi connectivity index (χ2v) is 7.02. The summed E-state index contributed by atoms with van der Waals surface area (Å²) in [6.07, 6.45) is 1.63. The highest BCUT2D eigenvalue weighted by Gasteiger charge is 2.11. The van der Waals surface area contributed by atoms with Gasteiger partial charge in [0, 0.05) is 23.9 Å². The van der Waals surface area contributed by atoms with Crippen LogP contribution in [0.5, 0.6) is 0 Å². The Morgan fingerprint density at radius 3 is 2.32 bits per heavy atom. The van der Waals surface area contributed by atoms with Crippen molar-refractivity contribution < 1.29 is 14.0 Å². The average molecular weight is 399 g/mol. The minimum absolute atomic E-state index is 0.125. The molecule has 0 aliphatic carbocycles. The molecule has 0 aliphatic rings. The molecule has 0 spiro atoms. The molecule has 1 heterocycles. The molecule has 0 saturated heterocycles. The van der Waals surface area contributed by atoms with Crippen molar-refractivity contribution in [1.29, 1.82) is 0 Å². The summed E-state index contributed by atoms with van der Waals surface area (Å²) < 4.78 is 15.4. The Bertz CT molecular complexity index is 1000. The largest absolute Gasteiger partial charge is 0.312 e. The molecular formula is C19H18FN5O2S. The highest BCUT2D eigenvalue weighted by atomic mass is 32.2. The zero-order valence-electron chi connectivity index (χ0n) is 15.3. The summed E-state index contributed by atoms with van der Waals surface area (Å²) in [6, 6.07) is 11.1. The maximum Gasteiger partial charge on any atom is 0.269 e. The fourth-order valence-corrected chi connectivity index (χ4v) is 3.14. The van der Waals surface area contributed by atoms with Crippen LogP contribution in [0.4, 0.5) is 4.39 Å². The second kappa shape index (κ2) is 8.66. The molecule has 0 bridgehead atoms. The molecule has 0 atom stereocenters. The molecule has 0 saturated carbocycles. The zero-order valence-corrected chi connectivity index (χ0v) is 16.1. The quantitative estimate of drug-likeness (QED) is 0.509. The summed E-state index contributed by atoms with van der Waals surface area (Å²) in [5, 5.41) is 8.62. The van der Waals surface area contributed by atoms with E-state index in [1.54, 1.807) is 25.4 Å². The predicted octanol–water partition coefficient (Wildman–Crippen LogP) is 2.63. The van der Waals surface area contributed by atoms with Crippen molar-refractivity contribution in [2.75, 3.05) is 0 Å². The van der Waals surface area contributed by atoms with E-state index in [0.29, 0.717) is 16.9 Å². The molecule has 144 valence electrons. The van der Waals surface area contributed by atoms with Crippen LogP contribution in [0.1, 0.15) is 31.8 Å². The van der Waals surface area contributed by atoms with E-state index in [1.165, 1.54) is 23.9 Å². The van der Waals surface area contributed by atoms with Crippen molar-refractivity contribution in [2.24, 2.45) is 7.05 Å². The van der Waals surface area contributed by atoms with Crippen LogP contribution in [0.25, 0.3) is 0 Å². The third-order valence-corrected chi connectivity index (χ3v) is 5.08. The van der Waals surface area contributed by atoms with Crippen molar-refractivity contribution in [3.63, 3.8) is 0 Å². The minimum Gasteiger partial charge on any atom is -0.312 e. The standard InChI is InChI=1S/C19H18FN5O2S/c1-12-3-6-15(9-16(12)20)18(27)23-22-17(26)14-7-4-13(5-8-14)10-28-19-24-21-11-25(19)2/h3-9,11H,10H2,1-2H3,(H,22,26)(H,23,27). The first-order valence-corrected chi connectivity index (χ1v) is 9.35. The van der Waals surface area contributed by atoms with Crippen molar-refractivity contribution in [3.8, 4) is 0 Å². The number of amides is 2. The number of aryl methyl sites for hydroxylation is 2. The lowest BCUT2D eigenvalue weighted by atomic mass is 10.1. The Hall–Kier alpha value is -3.20. The van der Waals surface area contributed by atoms with Gasteiger partial charge in [0.1, 0.15) is 12.1 Å². The monoisotopic (exact) mass is 399 g/mol. The molecule has 7 nitrogen and oxygen atoms in total. The first-order valence-electron chi connectivity index (χ1n) is 8.36. The number of benzene rings is 2. The second-order valence-electron chi connectivity index (χ2n) is 6.08. The fourth-order valence-electron chi connectivity index (χ4n) is 2.30. The van der Waals surface area contributed by atoms with Crippen molar-refractivity contribution in [2.45, 2.75) is 17.8 Å². The number of carbonyl (C=O) groups excluding carboxylic acids is 2. The van der Waals surface area contributed by atoms with Gasteiger partial charge in [0.15, 0.2) is 5.16 Å². The van der Waals surface area contributed by atoms with Gasteiger partial charge in [0.25, 0.3) is 11.8 Å². The van der Waals surface area contributed by atoms with Crippen LogP contribution in [0.15, 0.2) is 53.9 Å². The smallest absolute Gasteiger partial charge is 0.269 e. The fraction of sp³-hybridized carbons (Fsp3) is 0.158. The van der Waals surface area contributed by atoms with Gasteiger partial charge in [-0.3, -0.25) is 20.4 Å². The van der Waals surface area contributed by atoms with E-state index in [2.05, 4.69) is 21.0 Å². The molecule has 3 aromatic rings. The molecule has 0 aliphatic heterocycles. The number of nitrogens with one attached hydrogen (secondary N) is 2. The van der Waals surface area contributed by atoms with Crippen LogP contribution < -0.4 is 10.9 Å². The van der Waals surface area contributed by atoms with Gasteiger partial charge in [-0.2, -0.15) is 0 Å². The van der Waals surface area contributed by atoms with Crippen molar-refractivity contribution in [3.05, 3.63) is 76.9 Å². The molecule has 2 N–H and O–H groups in total. The highest BCUT2D eigenvalue weighted by molar-refractivity contribution is 7.98. The summed E-state index contributed by atoms with van der Waals surface area (Å²) in [5.74, 6) is -0.851. The Balaban J connectivity index is 1.53. The lowest BCUT2D eigenvalue weighted by Crippen LogP contribution is -2.41. The van der Waals surface area contributed by atoms with Crippen LogP contribution in [-0.2, 0) is 12.8 Å². The van der Waals surface area contributed by atoms with E-state index in [9.17, 15) is 14.0 Å². The van der Waals surface area contributed by atoms with Gasteiger partial charge in [-0.05, 0) is 42.3 Å². The summed E-state index contributed by atoms with van der Waals surface area (Å²) >= 11 is 1.54. The average Bonchev–Trinajstić information content (AvgIpc) is 3.11. The van der Waals surface area contributed by atoms with E-state index >= 15 is 0 Å². The number of hydrogen-bond acceptors (Lipinski definition) is 5. The number of aromatic nitrogens is 3. The lowest BCUT2D eigenvalue weighted by molar-refractivity contribution is 0.0846. The maximum absolute atomic E-state index is 13.5. The number of rotatable bonds is 5. The Morgan fingerprint density at radius 2 is 1.71 bits per heavy atom. The van der Waals surface area contributed by atoms with Gasteiger partial charge in [-0.15, -0.1) is 10.2 Å². The summed E-state index contributed by atoms with van der Waals surface area (Å²) in [4.78, 5) is 24.2. The van der Waals surface area contributed by atoms with Gasteiger partial charge >= 0.3 is 0 Å². The molecule has 3 rings (SSSR count). The summed E-state index contributed by atoms with van der Waals surface area (Å²) in [7, 11) is 1.87. The van der Waals surface area contributed by atoms with Crippen LogP contribution in [-0.4, -0.2) is 26.6 Å². The van der Waals surface area contributed by atoms with Crippen LogP contribution in [0.2, 0.25) is 0 Å². The Kier molecular flexibility index (Phi) is 6.05. The topological polar surface area (TPSA) is 88.9 Å². The molecule has 2 aromatic carbocycles. The van der Waals surface area contributed by atoms with Gasteiger partial charge in [-0.25, -0.2) is 4.39 Å². The number of carbonyl (C=O) groups is 2. The molecule has 28 heavy (non-hydrogen) atoms. The van der Waals surface area contributed by atoms with Crippen LogP contribution in [0, 0.1) is 12.7 Å². The first-order chi connectivity index (χ1) is 13.4. The van der Waals surface area contributed by atoms with Crippen molar-refractivity contribution >= 4 is 23.6 Å². The molecule has 0 unspecified atom stereocenters. The van der Waals surface area contributed by atoms with Crippen molar-refractivity contribution in [1.82, 2.24) is 25.6 Å². The summed E-state index contributed by atoms with van der Waals surface area (Å²) in [5.41, 5.74) is 6.58. The molecule has 2 amide bonds. The molecular weight excluding hydrogens is 381 g/mol. The van der Waals surface area contributed by atoms with Gasteiger partial charge in [0.2, 0.25) is 0 Å². The predicted molar refractivity (Wildman–Crippen MR) is 103 cm³/mol. The van der Waals surface area contributed by atoms with Gasteiger partial charge in [0.05, 0.1) is 0 Å². The first kappa shape index (κ1) is 19.6. The maximum atomic E-state index is 13.5. The van der Waals surface area contributed by atoms with E-state index in [-0.39, 0.29) is 5.56 Å². The number of thioether (sulfide) groups is 1. The van der Waals surface area contributed by atoms with Gasteiger partial charge in [-0.1, -0.05) is 30.0 Å². The normalized spacial score (nSPS) is 10.5. The zero-order chi connectivity index (χ0) is 20.1. The van der Waals surface area contributed by atoms with E-state index in [4.69, 9.17) is 0 Å². The highest BCUT2D eigenvalue weighted by Crippen LogP contribution is 2.20. The molecule has 0 radical (unpaired) electrons. The third-order valence-electron chi connectivity index (χ3n) is 3.98. The SMILES string of the molecule is Cc1ccc(C(=O)NNC(=O)c2ccc(CSc3nncn3C)cc2)cc1F. The Morgan fingerprint density at radius 1 is 1.07 bits per heavy atom. The molecule has 9 heteroatoms. The molecule has 0 fully saturated rings. The minimum atomic E-state index is -0.594. The number of halogens is 1. The van der Waals surface area contributed by atoms with Crippen LogP contribution in [0.3, 0.4) is 0 Å². The van der Waals surface area contributed by atoms with E-state index in [0.717, 1.165) is 16.8 Å². The van der Waals surface area contributed by atoms with Gasteiger partial charge < -0.3 is 4.57 Å². The number of hydrogen-bond donors (Lipinski definition) is 2. The summed E-state index contributed by atoms with van der Waals surface area (Å²) in [6.45, 7) is 1.61. The Labute approximate surface area is 165 Å². The number of hydrazine groups is 1. The van der Waals surface area contributed by atoms with E-state index in [1.807, 2.05) is 23.7 Å². The van der Waals surface area contributed by atoms with E-state index < -0.39 is 17.6 Å². The number of nitrogens with zero attached hydrogens (tertiary/aromatic N) is 3. The lowest BCUT2D eigenvalue weighted by Gasteiger charge is -2.08. The molecule has 1 aromatic heterocycles. The van der Waals surface area contributed by atoms with Crippen LogP contribution >= 0.6 is 11.8 Å².